The molecule has 0 aliphatic heterocycles. The standard InChI is InChI=1S/C14H28ClN5/c1-7-14(8-2,19(5)6)13(18-16)12-11(15)9-17-20(12)10(3)4/h9-10,13,18H,7-8,16H2,1-6H3. The number of hydrazine groups is 1. The van der Waals surface area contributed by atoms with Crippen LogP contribution in [0.5, 0.6) is 0 Å². The number of hydrogen-bond donors (Lipinski definition) is 2. The Kier molecular flexibility index (Phi) is 6.01. The third-order valence-corrected chi connectivity index (χ3v) is 4.66. The van der Waals surface area contributed by atoms with Gasteiger partial charge in [0.15, 0.2) is 0 Å². The highest BCUT2D eigenvalue weighted by Gasteiger charge is 2.41. The van der Waals surface area contributed by atoms with Crippen LogP contribution in [0.25, 0.3) is 0 Å². The van der Waals surface area contributed by atoms with Crippen LogP contribution >= 0.6 is 11.6 Å². The number of hydrogen-bond acceptors (Lipinski definition) is 4. The SMILES string of the molecule is CCC(CC)(C(NN)c1c(Cl)cnn1C(C)C)N(C)C. The van der Waals surface area contributed by atoms with Crippen LogP contribution in [0.1, 0.15) is 58.3 Å². The fourth-order valence-corrected chi connectivity index (χ4v) is 3.31. The molecule has 0 saturated heterocycles. The second-order valence-electron chi connectivity index (χ2n) is 5.72. The molecule has 5 nitrogen and oxygen atoms in total. The van der Waals surface area contributed by atoms with Crippen molar-refractivity contribution in [2.45, 2.75) is 58.2 Å². The van der Waals surface area contributed by atoms with Crippen LogP contribution in [-0.4, -0.2) is 34.3 Å². The number of aromatic nitrogens is 2. The summed E-state index contributed by atoms with van der Waals surface area (Å²) >= 11 is 6.39. The van der Waals surface area contributed by atoms with Crippen molar-refractivity contribution in [2.75, 3.05) is 14.1 Å². The van der Waals surface area contributed by atoms with Crippen LogP contribution < -0.4 is 11.3 Å². The highest BCUT2D eigenvalue weighted by Crippen LogP contribution is 2.38. The lowest BCUT2D eigenvalue weighted by Gasteiger charge is -2.45. The van der Waals surface area contributed by atoms with E-state index in [2.05, 4.69) is 57.2 Å². The monoisotopic (exact) mass is 301 g/mol. The van der Waals surface area contributed by atoms with Gasteiger partial charge in [-0.3, -0.25) is 10.5 Å². The zero-order valence-corrected chi connectivity index (χ0v) is 14.2. The average Bonchev–Trinajstić information content (AvgIpc) is 2.77. The lowest BCUT2D eigenvalue weighted by Crippen LogP contribution is -2.55. The molecule has 1 unspecified atom stereocenters. The first-order valence-electron chi connectivity index (χ1n) is 7.22. The molecular weight excluding hydrogens is 274 g/mol. The van der Waals surface area contributed by atoms with Crippen LogP contribution in [0, 0.1) is 0 Å². The van der Waals surface area contributed by atoms with Crippen LogP contribution in [-0.2, 0) is 0 Å². The summed E-state index contributed by atoms with van der Waals surface area (Å²) in [6, 6.07) is 0.159. The van der Waals surface area contributed by atoms with Crippen LogP contribution in [0.4, 0.5) is 0 Å². The number of nitrogens with two attached hydrogens (primary N) is 1. The Balaban J connectivity index is 3.42. The Morgan fingerprint density at radius 3 is 2.30 bits per heavy atom. The van der Waals surface area contributed by atoms with E-state index in [0.29, 0.717) is 5.02 Å². The van der Waals surface area contributed by atoms with E-state index in [-0.39, 0.29) is 17.6 Å². The maximum Gasteiger partial charge on any atom is 0.0835 e. The zero-order chi connectivity index (χ0) is 15.5. The van der Waals surface area contributed by atoms with Gasteiger partial charge in [0, 0.05) is 11.6 Å². The Labute approximate surface area is 127 Å². The van der Waals surface area contributed by atoms with Gasteiger partial charge in [-0.15, -0.1) is 0 Å². The summed E-state index contributed by atoms with van der Waals surface area (Å²) in [6.45, 7) is 8.54. The molecule has 1 atom stereocenters. The molecule has 0 spiro atoms. The van der Waals surface area contributed by atoms with Crippen molar-refractivity contribution in [3.05, 3.63) is 16.9 Å². The van der Waals surface area contributed by atoms with E-state index in [1.807, 2.05) is 4.68 Å². The number of halogens is 1. The minimum absolute atomic E-state index is 0.0788. The third kappa shape index (κ3) is 2.86. The molecule has 0 aromatic carbocycles. The smallest absolute Gasteiger partial charge is 0.0835 e. The van der Waals surface area contributed by atoms with Gasteiger partial charge in [0.2, 0.25) is 0 Å². The fraction of sp³-hybridized carbons (Fsp3) is 0.786. The predicted octanol–water partition coefficient (Wildman–Crippen LogP) is 2.74. The quantitative estimate of drug-likeness (QED) is 0.600. The molecule has 0 aliphatic carbocycles. The van der Waals surface area contributed by atoms with Gasteiger partial charge in [0.05, 0.1) is 23.0 Å². The molecule has 1 aromatic heterocycles. The van der Waals surface area contributed by atoms with Gasteiger partial charge in [-0.2, -0.15) is 5.10 Å². The number of rotatable bonds is 7. The summed E-state index contributed by atoms with van der Waals surface area (Å²) in [5, 5.41) is 5.06. The molecule has 0 aliphatic rings. The summed E-state index contributed by atoms with van der Waals surface area (Å²) in [5.41, 5.74) is 3.83. The summed E-state index contributed by atoms with van der Waals surface area (Å²) < 4.78 is 1.95. The Morgan fingerprint density at radius 2 is 1.95 bits per heavy atom. The van der Waals surface area contributed by atoms with Gasteiger partial charge in [-0.25, -0.2) is 5.43 Å². The highest BCUT2D eigenvalue weighted by molar-refractivity contribution is 6.31. The molecule has 0 radical (unpaired) electrons. The van der Waals surface area contributed by atoms with Gasteiger partial charge < -0.3 is 4.90 Å². The molecule has 1 rings (SSSR count). The molecule has 6 heteroatoms. The first kappa shape index (κ1) is 17.4. The minimum atomic E-state index is -0.106. The summed E-state index contributed by atoms with van der Waals surface area (Å²) in [5.74, 6) is 5.90. The third-order valence-electron chi connectivity index (χ3n) is 4.37. The van der Waals surface area contributed by atoms with Crippen molar-refractivity contribution in [1.82, 2.24) is 20.1 Å². The lowest BCUT2D eigenvalue weighted by molar-refractivity contribution is 0.0834. The van der Waals surface area contributed by atoms with E-state index in [0.717, 1.165) is 18.5 Å². The average molecular weight is 302 g/mol. The van der Waals surface area contributed by atoms with Gasteiger partial charge in [0.25, 0.3) is 0 Å². The second kappa shape index (κ2) is 6.89. The van der Waals surface area contributed by atoms with Gasteiger partial charge in [-0.05, 0) is 40.8 Å². The van der Waals surface area contributed by atoms with Crippen LogP contribution in [0.15, 0.2) is 6.20 Å². The fourth-order valence-electron chi connectivity index (χ4n) is 3.07. The summed E-state index contributed by atoms with van der Waals surface area (Å²) in [4.78, 5) is 2.23. The summed E-state index contributed by atoms with van der Waals surface area (Å²) in [7, 11) is 4.17. The lowest BCUT2D eigenvalue weighted by atomic mass is 9.81. The molecule has 116 valence electrons. The van der Waals surface area contributed by atoms with Gasteiger partial charge >= 0.3 is 0 Å². The van der Waals surface area contributed by atoms with E-state index in [1.165, 1.54) is 0 Å². The van der Waals surface area contributed by atoms with Crippen molar-refractivity contribution in [3.63, 3.8) is 0 Å². The molecular formula is C14H28ClN5. The second-order valence-corrected chi connectivity index (χ2v) is 6.13. The Morgan fingerprint density at radius 1 is 1.40 bits per heavy atom. The van der Waals surface area contributed by atoms with E-state index in [9.17, 15) is 0 Å². The Hall–Kier alpha value is -0.620. The molecule has 0 fully saturated rings. The first-order chi connectivity index (χ1) is 9.35. The largest absolute Gasteiger partial charge is 0.302 e. The molecule has 0 saturated carbocycles. The molecule has 20 heavy (non-hydrogen) atoms. The van der Waals surface area contributed by atoms with Crippen molar-refractivity contribution >= 4 is 11.6 Å². The minimum Gasteiger partial charge on any atom is -0.302 e. The Bertz CT molecular complexity index is 423. The predicted molar refractivity (Wildman–Crippen MR) is 84.7 cm³/mol. The van der Waals surface area contributed by atoms with Crippen molar-refractivity contribution < 1.29 is 0 Å². The molecule has 1 aromatic rings. The van der Waals surface area contributed by atoms with Crippen LogP contribution in [0.2, 0.25) is 5.02 Å². The molecule has 3 N–H and O–H groups in total. The zero-order valence-electron chi connectivity index (χ0n) is 13.4. The highest BCUT2D eigenvalue weighted by atomic mass is 35.5. The maximum absolute atomic E-state index is 6.39. The van der Waals surface area contributed by atoms with E-state index < -0.39 is 0 Å². The normalized spacial score (nSPS) is 14.3. The topological polar surface area (TPSA) is 59.1 Å². The van der Waals surface area contributed by atoms with E-state index >= 15 is 0 Å². The summed E-state index contributed by atoms with van der Waals surface area (Å²) in [6.07, 6.45) is 3.63. The number of likely N-dealkylation sites (N-methyl/N-ethyl adjacent to an activating group) is 1. The molecule has 1 heterocycles. The molecule has 0 amide bonds. The van der Waals surface area contributed by atoms with E-state index in [1.54, 1.807) is 6.20 Å². The van der Waals surface area contributed by atoms with Crippen molar-refractivity contribution in [3.8, 4) is 0 Å². The first-order valence-corrected chi connectivity index (χ1v) is 7.59. The van der Waals surface area contributed by atoms with Gasteiger partial charge in [-0.1, -0.05) is 25.4 Å². The van der Waals surface area contributed by atoms with Gasteiger partial charge in [0.1, 0.15) is 0 Å². The van der Waals surface area contributed by atoms with Crippen molar-refractivity contribution in [1.29, 1.82) is 0 Å². The van der Waals surface area contributed by atoms with E-state index in [4.69, 9.17) is 17.4 Å². The van der Waals surface area contributed by atoms with Crippen LogP contribution in [0.3, 0.4) is 0 Å². The molecule has 0 bridgehead atoms. The number of nitrogens with one attached hydrogen (secondary N) is 1. The maximum atomic E-state index is 6.39. The van der Waals surface area contributed by atoms with Crippen molar-refractivity contribution in [2.24, 2.45) is 5.84 Å². The number of nitrogens with zero attached hydrogens (tertiary/aromatic N) is 3.